The third-order valence-electron chi connectivity index (χ3n) is 5.12. The van der Waals surface area contributed by atoms with Gasteiger partial charge in [-0.2, -0.15) is 5.10 Å². The Hall–Kier alpha value is -4.14. The lowest BCUT2D eigenvalue weighted by Gasteiger charge is -2.12. The molecule has 0 radical (unpaired) electrons. The number of ether oxygens (including phenoxy) is 1. The molecule has 0 fully saturated rings. The van der Waals surface area contributed by atoms with Crippen molar-refractivity contribution in [3.05, 3.63) is 101 Å². The molecular formula is C25H21F3N4O2. The number of pyridine rings is 1. The van der Waals surface area contributed by atoms with Crippen LogP contribution in [0.1, 0.15) is 23.2 Å². The third kappa shape index (κ3) is 5.43. The van der Waals surface area contributed by atoms with E-state index in [0.717, 1.165) is 11.6 Å². The Balaban J connectivity index is 1.59. The van der Waals surface area contributed by atoms with Gasteiger partial charge in [-0.3, -0.25) is 9.78 Å². The Bertz CT molecular complexity index is 1290. The molecule has 0 saturated heterocycles. The molecule has 2 aromatic heterocycles. The first-order valence-electron chi connectivity index (χ1n) is 10.5. The van der Waals surface area contributed by atoms with E-state index in [1.807, 2.05) is 6.07 Å². The number of aryl methyl sites for hydroxylation is 1. The maximum atomic E-state index is 14.3. The summed E-state index contributed by atoms with van der Waals surface area (Å²) in [6.45, 7) is 2.07. The van der Waals surface area contributed by atoms with E-state index in [2.05, 4.69) is 15.4 Å². The molecule has 0 spiro atoms. The van der Waals surface area contributed by atoms with E-state index in [0.29, 0.717) is 29.6 Å². The summed E-state index contributed by atoms with van der Waals surface area (Å²) < 4.78 is 48.3. The summed E-state index contributed by atoms with van der Waals surface area (Å²) in [7, 11) is 0. The first-order valence-corrected chi connectivity index (χ1v) is 10.5. The van der Waals surface area contributed by atoms with Crippen LogP contribution in [0, 0.1) is 24.4 Å². The van der Waals surface area contributed by atoms with Gasteiger partial charge in [0.05, 0.1) is 11.4 Å². The van der Waals surface area contributed by atoms with Gasteiger partial charge in [0.15, 0.2) is 11.6 Å². The first kappa shape index (κ1) is 23.0. The molecule has 0 unspecified atom stereocenters. The van der Waals surface area contributed by atoms with E-state index in [1.165, 1.54) is 35.0 Å². The molecule has 0 atom stereocenters. The molecule has 0 aliphatic rings. The monoisotopic (exact) mass is 466 g/mol. The van der Waals surface area contributed by atoms with Gasteiger partial charge in [-0.25, -0.2) is 17.9 Å². The Morgan fingerprint density at radius 2 is 1.82 bits per heavy atom. The first-order chi connectivity index (χ1) is 16.4. The maximum absolute atomic E-state index is 14.3. The van der Waals surface area contributed by atoms with Gasteiger partial charge in [0.2, 0.25) is 11.8 Å². The minimum atomic E-state index is -0.885. The molecule has 0 saturated carbocycles. The van der Waals surface area contributed by atoms with Gasteiger partial charge in [0.25, 0.3) is 0 Å². The van der Waals surface area contributed by atoms with Crippen molar-refractivity contribution < 1.29 is 22.7 Å². The third-order valence-corrected chi connectivity index (χ3v) is 5.12. The smallest absolute Gasteiger partial charge is 0.226 e. The highest BCUT2D eigenvalue weighted by Crippen LogP contribution is 2.33. The van der Waals surface area contributed by atoms with Crippen LogP contribution in [0.25, 0.3) is 5.69 Å². The van der Waals surface area contributed by atoms with E-state index in [1.54, 1.807) is 25.4 Å². The highest BCUT2D eigenvalue weighted by atomic mass is 19.1. The molecule has 4 aromatic rings. The average Bonchev–Trinajstić information content (AvgIpc) is 3.14. The summed E-state index contributed by atoms with van der Waals surface area (Å²) in [5.74, 6) is -2.29. The van der Waals surface area contributed by atoms with Crippen LogP contribution in [0.2, 0.25) is 0 Å². The highest BCUT2D eigenvalue weighted by Gasteiger charge is 2.21. The van der Waals surface area contributed by atoms with Crippen LogP contribution in [0.5, 0.6) is 11.6 Å². The zero-order valence-corrected chi connectivity index (χ0v) is 18.3. The molecule has 0 aliphatic carbocycles. The largest absolute Gasteiger partial charge is 0.436 e. The fraction of sp³-hybridized carbons (Fsp3) is 0.160. The minimum Gasteiger partial charge on any atom is -0.436 e. The van der Waals surface area contributed by atoms with Crippen LogP contribution in [-0.2, 0) is 17.8 Å². The number of nitrogens with one attached hydrogen (secondary N) is 1. The van der Waals surface area contributed by atoms with Crippen molar-refractivity contribution >= 4 is 5.91 Å². The van der Waals surface area contributed by atoms with Crippen LogP contribution in [0.3, 0.4) is 0 Å². The normalized spacial score (nSPS) is 10.8. The van der Waals surface area contributed by atoms with Crippen molar-refractivity contribution in [2.45, 2.75) is 26.3 Å². The molecule has 6 nitrogen and oxygen atoms in total. The number of amides is 1. The van der Waals surface area contributed by atoms with Gasteiger partial charge in [-0.05, 0) is 61.4 Å². The number of rotatable bonds is 8. The molecule has 1 N–H and O–H groups in total. The van der Waals surface area contributed by atoms with Gasteiger partial charge in [-0.15, -0.1) is 0 Å². The topological polar surface area (TPSA) is 69.0 Å². The lowest BCUT2D eigenvalue weighted by molar-refractivity contribution is -0.121. The zero-order valence-electron chi connectivity index (χ0n) is 18.3. The van der Waals surface area contributed by atoms with Crippen LogP contribution in [-0.4, -0.2) is 20.7 Å². The van der Waals surface area contributed by atoms with Crippen LogP contribution in [0.15, 0.2) is 67.0 Å². The second kappa shape index (κ2) is 10.2. The van der Waals surface area contributed by atoms with Gasteiger partial charge < -0.3 is 10.1 Å². The highest BCUT2D eigenvalue weighted by molar-refractivity contribution is 5.76. The Labute approximate surface area is 194 Å². The number of halogens is 3. The number of benzene rings is 2. The predicted octanol–water partition coefficient (Wildman–Crippen LogP) is 5.03. The van der Waals surface area contributed by atoms with E-state index in [4.69, 9.17) is 4.74 Å². The van der Waals surface area contributed by atoms with Crippen molar-refractivity contribution in [2.24, 2.45) is 0 Å². The summed E-state index contributed by atoms with van der Waals surface area (Å²) in [5, 5.41) is 7.29. The van der Waals surface area contributed by atoms with Crippen LogP contribution in [0.4, 0.5) is 13.2 Å². The predicted molar refractivity (Wildman–Crippen MR) is 119 cm³/mol. The van der Waals surface area contributed by atoms with Crippen molar-refractivity contribution in [1.82, 2.24) is 20.1 Å². The van der Waals surface area contributed by atoms with Crippen molar-refractivity contribution in [3.8, 4) is 17.3 Å². The molecule has 2 heterocycles. The second-order valence-electron chi connectivity index (χ2n) is 7.57. The zero-order chi connectivity index (χ0) is 24.1. The quantitative estimate of drug-likeness (QED) is 0.395. The lowest BCUT2D eigenvalue weighted by atomic mass is 10.1. The van der Waals surface area contributed by atoms with E-state index in [-0.39, 0.29) is 30.4 Å². The fourth-order valence-electron chi connectivity index (χ4n) is 3.38. The Kier molecular flexibility index (Phi) is 6.91. The van der Waals surface area contributed by atoms with Crippen LogP contribution >= 0.6 is 0 Å². The number of carbonyl (C=O) groups is 1. The van der Waals surface area contributed by atoms with E-state index in [9.17, 15) is 18.0 Å². The maximum Gasteiger partial charge on any atom is 0.226 e. The number of hydrogen-bond acceptors (Lipinski definition) is 4. The molecule has 0 aliphatic heterocycles. The van der Waals surface area contributed by atoms with Crippen molar-refractivity contribution in [2.75, 3.05) is 0 Å². The molecule has 0 bridgehead atoms. The summed E-state index contributed by atoms with van der Waals surface area (Å²) in [6.07, 6.45) is 3.70. The Morgan fingerprint density at radius 1 is 1.06 bits per heavy atom. The summed E-state index contributed by atoms with van der Waals surface area (Å²) in [5.41, 5.74) is 2.48. The Morgan fingerprint density at radius 3 is 2.53 bits per heavy atom. The van der Waals surface area contributed by atoms with Crippen LogP contribution < -0.4 is 10.1 Å². The second-order valence-corrected chi connectivity index (χ2v) is 7.57. The van der Waals surface area contributed by atoms with Gasteiger partial charge in [0, 0.05) is 37.0 Å². The number of aromatic nitrogens is 3. The summed E-state index contributed by atoms with van der Waals surface area (Å²) in [6, 6.07) is 12.1. The van der Waals surface area contributed by atoms with Crippen molar-refractivity contribution in [3.63, 3.8) is 0 Å². The lowest BCUT2D eigenvalue weighted by Crippen LogP contribution is -2.23. The molecule has 4 rings (SSSR count). The van der Waals surface area contributed by atoms with E-state index >= 15 is 0 Å². The summed E-state index contributed by atoms with van der Waals surface area (Å²) in [4.78, 5) is 16.4. The van der Waals surface area contributed by atoms with Crippen molar-refractivity contribution in [1.29, 1.82) is 0 Å². The SMILES string of the molecule is Cc1nn(-c2ccc(F)cc2)c(Oc2ccc(F)cc2F)c1CCC(=O)NCc1cccnc1. The molecule has 174 valence electrons. The van der Waals surface area contributed by atoms with Gasteiger partial charge >= 0.3 is 0 Å². The molecule has 1 amide bonds. The minimum absolute atomic E-state index is 0.123. The fourth-order valence-corrected chi connectivity index (χ4v) is 3.38. The standard InChI is InChI=1S/C25H21F3N4O2/c1-16-21(9-11-24(33)30-15-17-3-2-12-29-14-17)25(34-23-10-6-19(27)13-22(23)28)32(31-16)20-7-4-18(26)5-8-20/h2-8,10,12-14H,9,11,15H2,1H3,(H,30,33). The van der Waals surface area contributed by atoms with E-state index < -0.39 is 17.5 Å². The van der Waals surface area contributed by atoms with Gasteiger partial charge in [-0.1, -0.05) is 6.07 Å². The molecule has 9 heteroatoms. The molecular weight excluding hydrogens is 445 g/mol. The average molecular weight is 466 g/mol. The number of nitrogens with zero attached hydrogens (tertiary/aromatic N) is 3. The summed E-state index contributed by atoms with van der Waals surface area (Å²) >= 11 is 0. The van der Waals surface area contributed by atoms with Gasteiger partial charge in [0.1, 0.15) is 11.6 Å². The number of hydrogen-bond donors (Lipinski definition) is 1. The molecule has 34 heavy (non-hydrogen) atoms. The molecule has 2 aromatic carbocycles. The number of carbonyl (C=O) groups excluding carboxylic acids is 1.